The summed E-state index contributed by atoms with van der Waals surface area (Å²) in [5, 5.41) is 15.4. The Labute approximate surface area is 189 Å². The Morgan fingerprint density at radius 3 is 2.61 bits per heavy atom. The predicted molar refractivity (Wildman–Crippen MR) is 125 cm³/mol. The van der Waals surface area contributed by atoms with Crippen LogP contribution in [-0.4, -0.2) is 27.4 Å². The molecule has 0 unspecified atom stereocenters. The smallest absolute Gasteiger partial charge is 0.269 e. The molecule has 160 valence electrons. The van der Waals surface area contributed by atoms with Gasteiger partial charge < -0.3 is 4.57 Å². The fraction of sp³-hybridized carbons (Fsp3) is 0.182. The number of aromatic nitrogens is 1. The number of thioether (sulfide) groups is 1. The van der Waals surface area contributed by atoms with E-state index in [2.05, 4.69) is 10.5 Å². The molecule has 0 aliphatic heterocycles. The van der Waals surface area contributed by atoms with Gasteiger partial charge in [0.15, 0.2) is 0 Å². The molecule has 0 saturated carbocycles. The molecule has 0 aliphatic carbocycles. The predicted octanol–water partition coefficient (Wildman–Crippen LogP) is 5.04. The number of nitro groups is 1. The highest BCUT2D eigenvalue weighted by molar-refractivity contribution is 7.99. The minimum Gasteiger partial charge on any atom is -0.316 e. The second kappa shape index (κ2) is 10.3. The quantitative estimate of drug-likeness (QED) is 0.292. The van der Waals surface area contributed by atoms with Crippen LogP contribution in [0.15, 0.2) is 59.7 Å². The van der Waals surface area contributed by atoms with Crippen LogP contribution in [0.1, 0.15) is 22.5 Å². The molecule has 0 fully saturated rings. The number of hydrogen-bond acceptors (Lipinski definition) is 5. The monoisotopic (exact) mass is 456 g/mol. The van der Waals surface area contributed by atoms with Crippen molar-refractivity contribution in [1.29, 1.82) is 0 Å². The molecule has 3 rings (SSSR count). The van der Waals surface area contributed by atoms with Crippen LogP contribution < -0.4 is 5.43 Å². The van der Waals surface area contributed by atoms with E-state index >= 15 is 0 Å². The molecule has 0 aliphatic rings. The summed E-state index contributed by atoms with van der Waals surface area (Å²) in [4.78, 5) is 22.3. The molecule has 0 atom stereocenters. The number of aryl methyl sites for hydroxylation is 1. The lowest BCUT2D eigenvalue weighted by atomic mass is 10.2. The molecule has 2 aromatic carbocycles. The van der Waals surface area contributed by atoms with E-state index in [0.29, 0.717) is 10.8 Å². The Morgan fingerprint density at radius 2 is 1.94 bits per heavy atom. The third kappa shape index (κ3) is 5.74. The number of nitro benzene ring substituents is 1. The molecule has 1 N–H and O–H groups in total. The summed E-state index contributed by atoms with van der Waals surface area (Å²) in [5.74, 6) is 0.587. The molecule has 0 bridgehead atoms. The Balaban J connectivity index is 1.53. The summed E-state index contributed by atoms with van der Waals surface area (Å²) in [7, 11) is 0. The van der Waals surface area contributed by atoms with Crippen molar-refractivity contribution in [1.82, 2.24) is 9.99 Å². The lowest BCUT2D eigenvalue weighted by molar-refractivity contribution is -0.384. The van der Waals surface area contributed by atoms with Crippen LogP contribution in [0.2, 0.25) is 5.02 Å². The zero-order valence-electron chi connectivity index (χ0n) is 17.0. The van der Waals surface area contributed by atoms with Gasteiger partial charge in [-0.05, 0) is 37.6 Å². The fourth-order valence-corrected chi connectivity index (χ4v) is 4.10. The van der Waals surface area contributed by atoms with E-state index in [1.54, 1.807) is 18.3 Å². The van der Waals surface area contributed by atoms with Crippen molar-refractivity contribution >= 4 is 41.2 Å². The maximum Gasteiger partial charge on any atom is 0.269 e. The van der Waals surface area contributed by atoms with Crippen LogP contribution in [-0.2, 0) is 10.5 Å². The third-order valence-corrected chi connectivity index (χ3v) is 5.93. The summed E-state index contributed by atoms with van der Waals surface area (Å²) in [6.45, 7) is 3.96. The van der Waals surface area contributed by atoms with E-state index in [-0.39, 0.29) is 17.3 Å². The van der Waals surface area contributed by atoms with E-state index in [0.717, 1.165) is 28.2 Å². The van der Waals surface area contributed by atoms with Gasteiger partial charge in [0.2, 0.25) is 5.91 Å². The van der Waals surface area contributed by atoms with E-state index in [9.17, 15) is 14.9 Å². The number of hydrogen-bond donors (Lipinski definition) is 1. The lowest BCUT2D eigenvalue weighted by Gasteiger charge is -2.11. The Hall–Kier alpha value is -3.10. The van der Waals surface area contributed by atoms with Gasteiger partial charge in [0.1, 0.15) is 0 Å². The SMILES string of the molecule is Cc1cc(/C=N\NC(=O)CSCc2ccc([N+](=O)[O-])cc2)c(C)n1-c1ccccc1Cl. The van der Waals surface area contributed by atoms with Gasteiger partial charge >= 0.3 is 0 Å². The molecule has 0 saturated heterocycles. The van der Waals surface area contributed by atoms with Gasteiger partial charge in [-0.1, -0.05) is 35.9 Å². The molecule has 0 spiro atoms. The molecule has 3 aromatic rings. The van der Waals surface area contributed by atoms with Gasteiger partial charge in [-0.2, -0.15) is 5.10 Å². The zero-order chi connectivity index (χ0) is 22.4. The van der Waals surface area contributed by atoms with Crippen LogP contribution in [0.4, 0.5) is 5.69 Å². The van der Waals surface area contributed by atoms with Gasteiger partial charge in [-0.15, -0.1) is 11.8 Å². The maximum absolute atomic E-state index is 12.0. The normalized spacial score (nSPS) is 11.1. The van der Waals surface area contributed by atoms with Crippen molar-refractivity contribution in [2.45, 2.75) is 19.6 Å². The van der Waals surface area contributed by atoms with E-state index in [4.69, 9.17) is 11.6 Å². The van der Waals surface area contributed by atoms with Gasteiger partial charge in [0.25, 0.3) is 5.69 Å². The number of non-ortho nitro benzene ring substituents is 1. The number of nitrogens with one attached hydrogen (secondary N) is 1. The highest BCUT2D eigenvalue weighted by Gasteiger charge is 2.12. The van der Waals surface area contributed by atoms with Crippen LogP contribution >= 0.6 is 23.4 Å². The van der Waals surface area contributed by atoms with E-state index < -0.39 is 4.92 Å². The van der Waals surface area contributed by atoms with Crippen LogP contribution in [0, 0.1) is 24.0 Å². The largest absolute Gasteiger partial charge is 0.316 e. The summed E-state index contributed by atoms with van der Waals surface area (Å²) in [6, 6.07) is 15.9. The summed E-state index contributed by atoms with van der Waals surface area (Å²) in [6.07, 6.45) is 1.62. The first-order valence-electron chi connectivity index (χ1n) is 9.43. The highest BCUT2D eigenvalue weighted by Crippen LogP contribution is 2.25. The molecular formula is C22H21ClN4O3S. The maximum atomic E-state index is 12.0. The van der Waals surface area contributed by atoms with Crippen molar-refractivity contribution in [2.24, 2.45) is 5.10 Å². The van der Waals surface area contributed by atoms with Gasteiger partial charge in [-0.3, -0.25) is 14.9 Å². The molecule has 1 aromatic heterocycles. The van der Waals surface area contributed by atoms with E-state index in [1.165, 1.54) is 23.9 Å². The molecule has 1 heterocycles. The number of halogens is 1. The first kappa shape index (κ1) is 22.6. The van der Waals surface area contributed by atoms with Crippen molar-refractivity contribution in [3.05, 3.63) is 92.2 Å². The molecule has 1 amide bonds. The molecule has 31 heavy (non-hydrogen) atoms. The number of hydrazone groups is 1. The fourth-order valence-electron chi connectivity index (χ4n) is 3.10. The number of amides is 1. The van der Waals surface area contributed by atoms with Crippen molar-refractivity contribution < 1.29 is 9.72 Å². The molecular weight excluding hydrogens is 436 g/mol. The number of nitrogens with zero attached hydrogens (tertiary/aromatic N) is 3. The minimum atomic E-state index is -0.436. The summed E-state index contributed by atoms with van der Waals surface area (Å²) >= 11 is 7.74. The number of carbonyl (C=O) groups excluding carboxylic acids is 1. The number of para-hydroxylation sites is 1. The van der Waals surface area contributed by atoms with Crippen molar-refractivity contribution in [3.63, 3.8) is 0 Å². The van der Waals surface area contributed by atoms with Gasteiger partial charge in [0, 0.05) is 34.8 Å². The van der Waals surface area contributed by atoms with E-state index in [1.807, 2.05) is 48.7 Å². The second-order valence-corrected chi connectivity index (χ2v) is 8.22. The number of carbonyl (C=O) groups is 1. The van der Waals surface area contributed by atoms with Gasteiger partial charge in [0.05, 0.1) is 27.6 Å². The molecule has 7 nitrogen and oxygen atoms in total. The first-order chi connectivity index (χ1) is 14.9. The van der Waals surface area contributed by atoms with Crippen LogP contribution in [0.3, 0.4) is 0 Å². The lowest BCUT2D eigenvalue weighted by Crippen LogP contribution is -2.19. The zero-order valence-corrected chi connectivity index (χ0v) is 18.6. The number of benzene rings is 2. The standard InChI is InChI=1S/C22H21ClN4O3S/c1-15-11-18(16(2)26(15)21-6-4-3-5-20(21)23)12-24-25-22(28)14-31-13-17-7-9-19(10-8-17)27(29)30/h3-12H,13-14H2,1-2H3,(H,25,28)/b24-12-. The Kier molecular flexibility index (Phi) is 7.49. The average Bonchev–Trinajstić information content (AvgIpc) is 3.02. The summed E-state index contributed by atoms with van der Waals surface area (Å²) < 4.78 is 2.05. The van der Waals surface area contributed by atoms with Crippen molar-refractivity contribution in [2.75, 3.05) is 5.75 Å². The van der Waals surface area contributed by atoms with Crippen molar-refractivity contribution in [3.8, 4) is 5.69 Å². The number of rotatable bonds is 8. The first-order valence-corrected chi connectivity index (χ1v) is 11.0. The topological polar surface area (TPSA) is 89.5 Å². The summed E-state index contributed by atoms with van der Waals surface area (Å²) in [5.41, 5.74) is 7.26. The molecule has 0 radical (unpaired) electrons. The van der Waals surface area contributed by atoms with Crippen LogP contribution in [0.5, 0.6) is 0 Å². The average molecular weight is 457 g/mol. The minimum absolute atomic E-state index is 0.0507. The third-order valence-electron chi connectivity index (χ3n) is 4.61. The van der Waals surface area contributed by atoms with Crippen LogP contribution in [0.25, 0.3) is 5.69 Å². The second-order valence-electron chi connectivity index (χ2n) is 6.82. The molecule has 9 heteroatoms. The Bertz CT molecular complexity index is 1130. The Morgan fingerprint density at radius 1 is 1.23 bits per heavy atom. The highest BCUT2D eigenvalue weighted by atomic mass is 35.5. The van der Waals surface area contributed by atoms with Gasteiger partial charge in [-0.25, -0.2) is 5.43 Å².